The molecule has 36 heavy (non-hydrogen) atoms. The summed E-state index contributed by atoms with van der Waals surface area (Å²) in [5.41, 5.74) is 5.45. The minimum absolute atomic E-state index is 0.0272. The molecule has 0 radical (unpaired) electrons. The van der Waals surface area contributed by atoms with Crippen LogP contribution in [0.25, 0.3) is 0 Å². The first-order chi connectivity index (χ1) is 17.2. The monoisotopic (exact) mass is 498 g/mol. The molecule has 2 aliphatic heterocycles. The van der Waals surface area contributed by atoms with Crippen LogP contribution >= 0.6 is 0 Å². The Morgan fingerprint density at radius 3 is 2.61 bits per heavy atom. The summed E-state index contributed by atoms with van der Waals surface area (Å²) in [6.07, 6.45) is 3.29. The Morgan fingerprint density at radius 2 is 1.94 bits per heavy atom. The number of nitrogens with zero attached hydrogens (tertiary/aromatic N) is 1. The van der Waals surface area contributed by atoms with Crippen molar-refractivity contribution in [2.75, 3.05) is 25.0 Å². The summed E-state index contributed by atoms with van der Waals surface area (Å²) in [5, 5.41) is 15.3. The van der Waals surface area contributed by atoms with E-state index < -0.39 is 53.4 Å². The number of aliphatic hydroxyl groups is 1. The van der Waals surface area contributed by atoms with Gasteiger partial charge in [0.25, 0.3) is 0 Å². The summed E-state index contributed by atoms with van der Waals surface area (Å²) in [5.74, 6) is -5.94. The number of benzene rings is 1. The number of aryl methyl sites for hydroxylation is 1. The Balaban J connectivity index is 1.74. The number of nitrogens with one attached hydrogen (secondary N) is 2. The van der Waals surface area contributed by atoms with E-state index in [1.54, 1.807) is 31.2 Å². The zero-order chi connectivity index (χ0) is 26.0. The van der Waals surface area contributed by atoms with Crippen LogP contribution in [0.2, 0.25) is 0 Å². The number of para-hydroxylation sites is 1. The van der Waals surface area contributed by atoms with E-state index in [4.69, 9.17) is 5.73 Å². The fourth-order valence-electron chi connectivity index (χ4n) is 6.63. The second-order valence-electron chi connectivity index (χ2n) is 10.2. The summed E-state index contributed by atoms with van der Waals surface area (Å²) >= 11 is 0. The number of fused-ring (bicyclic) bond motifs is 1. The van der Waals surface area contributed by atoms with Crippen LogP contribution in [-0.2, 0) is 24.0 Å². The van der Waals surface area contributed by atoms with E-state index in [1.165, 1.54) is 4.90 Å². The zero-order valence-electron chi connectivity index (χ0n) is 20.5. The number of primary amides is 1. The van der Waals surface area contributed by atoms with Gasteiger partial charge in [-0.05, 0) is 62.5 Å². The molecule has 4 amide bonds. The van der Waals surface area contributed by atoms with Crippen LogP contribution in [0.3, 0.4) is 0 Å². The van der Waals surface area contributed by atoms with Gasteiger partial charge in [0.2, 0.25) is 11.8 Å². The van der Waals surface area contributed by atoms with Gasteiger partial charge in [0.1, 0.15) is 12.1 Å². The third-order valence-electron chi connectivity index (χ3n) is 8.31. The predicted octanol–water partition coefficient (Wildman–Crippen LogP) is 0.510. The number of ketones is 1. The number of amides is 4. The van der Waals surface area contributed by atoms with Gasteiger partial charge in [-0.15, -0.1) is 0 Å². The van der Waals surface area contributed by atoms with E-state index >= 15 is 0 Å². The highest BCUT2D eigenvalue weighted by Gasteiger charge is 2.66. The standard InChI is InChI=1S/C26H34N4O6/c1-15-6-2-3-10-20(15)29-23(34)24(35)30-13-17-7-4-9-18(17)26(30,25(27)36)19(21(32)14-31)12-16-8-5-11-28-22(16)33/h2-3,6,10,16-19,31H,4-5,7-9,11-14H2,1H3,(H2,27,36)(H,28,33)(H,29,34)/t16-,17?,18?,19+,26?/m0/s1. The molecule has 1 aromatic carbocycles. The first-order valence-corrected chi connectivity index (χ1v) is 12.6. The molecule has 0 spiro atoms. The van der Waals surface area contributed by atoms with Gasteiger partial charge in [-0.2, -0.15) is 0 Å². The maximum Gasteiger partial charge on any atom is 0.313 e. The largest absolute Gasteiger partial charge is 0.389 e. The molecular weight excluding hydrogens is 464 g/mol. The minimum atomic E-state index is -1.79. The lowest BCUT2D eigenvalue weighted by molar-refractivity contribution is -0.158. The molecule has 0 bridgehead atoms. The van der Waals surface area contributed by atoms with E-state index in [9.17, 15) is 29.1 Å². The SMILES string of the molecule is Cc1ccccc1NC(=O)C(=O)N1CC2CCCC2C1(C(N)=O)[C@H](C[C@@H]1CCCNC1=O)C(=O)CO. The molecule has 1 aliphatic carbocycles. The number of anilines is 1. The number of likely N-dealkylation sites (tertiary alicyclic amines) is 1. The van der Waals surface area contributed by atoms with Gasteiger partial charge in [-0.1, -0.05) is 24.6 Å². The molecule has 1 aromatic rings. The Bertz CT molecular complexity index is 1070. The molecule has 5 N–H and O–H groups in total. The molecule has 1 saturated carbocycles. The fraction of sp³-hybridized carbons (Fsp3) is 0.577. The molecule has 5 atom stereocenters. The number of hydrogen-bond donors (Lipinski definition) is 4. The molecule has 10 nitrogen and oxygen atoms in total. The van der Waals surface area contributed by atoms with Gasteiger partial charge < -0.3 is 26.4 Å². The van der Waals surface area contributed by atoms with Crippen molar-refractivity contribution in [3.8, 4) is 0 Å². The summed E-state index contributed by atoms with van der Waals surface area (Å²) < 4.78 is 0. The molecule has 2 saturated heterocycles. The van der Waals surface area contributed by atoms with Crippen LogP contribution in [0.5, 0.6) is 0 Å². The average molecular weight is 499 g/mol. The van der Waals surface area contributed by atoms with E-state index in [1.807, 2.05) is 0 Å². The average Bonchev–Trinajstić information content (AvgIpc) is 3.45. The first kappa shape index (κ1) is 25.8. The van der Waals surface area contributed by atoms with E-state index in [2.05, 4.69) is 10.6 Å². The predicted molar refractivity (Wildman–Crippen MR) is 130 cm³/mol. The van der Waals surface area contributed by atoms with E-state index in [0.29, 0.717) is 31.5 Å². The van der Waals surface area contributed by atoms with Crippen molar-refractivity contribution in [3.05, 3.63) is 29.8 Å². The van der Waals surface area contributed by atoms with Crippen molar-refractivity contribution < 1.29 is 29.1 Å². The summed E-state index contributed by atoms with van der Waals surface area (Å²) in [7, 11) is 0. The lowest BCUT2D eigenvalue weighted by Crippen LogP contribution is -2.67. The maximum atomic E-state index is 13.6. The van der Waals surface area contributed by atoms with Crippen molar-refractivity contribution in [2.45, 2.75) is 51.0 Å². The summed E-state index contributed by atoms with van der Waals surface area (Å²) in [6.45, 7) is 1.57. The molecule has 3 aliphatic rings. The highest BCUT2D eigenvalue weighted by atomic mass is 16.3. The first-order valence-electron chi connectivity index (χ1n) is 12.6. The number of rotatable bonds is 7. The van der Waals surface area contributed by atoms with Gasteiger partial charge in [0, 0.05) is 24.7 Å². The topological polar surface area (TPSA) is 159 Å². The molecule has 3 fully saturated rings. The van der Waals surface area contributed by atoms with Gasteiger partial charge in [0.05, 0.1) is 5.92 Å². The number of hydrogen-bond acceptors (Lipinski definition) is 6. The maximum absolute atomic E-state index is 13.6. The zero-order valence-corrected chi connectivity index (χ0v) is 20.5. The third-order valence-corrected chi connectivity index (χ3v) is 8.31. The van der Waals surface area contributed by atoms with Crippen molar-refractivity contribution in [1.82, 2.24) is 10.2 Å². The number of Topliss-reactive ketones (excluding diaryl/α,β-unsaturated/α-hetero) is 1. The fourth-order valence-corrected chi connectivity index (χ4v) is 6.63. The van der Waals surface area contributed by atoms with Crippen LogP contribution in [-0.4, -0.2) is 64.7 Å². The normalized spacial score (nSPS) is 28.2. The molecule has 3 unspecified atom stereocenters. The molecule has 4 rings (SSSR count). The molecule has 2 heterocycles. The smallest absolute Gasteiger partial charge is 0.313 e. The van der Waals surface area contributed by atoms with Crippen LogP contribution in [0.1, 0.15) is 44.1 Å². The number of aliphatic hydroxyl groups excluding tert-OH is 1. The quantitative estimate of drug-likeness (QED) is 0.401. The summed E-state index contributed by atoms with van der Waals surface area (Å²) in [6, 6.07) is 6.99. The van der Waals surface area contributed by atoms with E-state index in [-0.39, 0.29) is 24.8 Å². The van der Waals surface area contributed by atoms with Crippen LogP contribution in [0.4, 0.5) is 5.69 Å². The molecule has 0 aromatic heterocycles. The molecule has 194 valence electrons. The van der Waals surface area contributed by atoms with Crippen LogP contribution in [0.15, 0.2) is 24.3 Å². The second kappa shape index (κ2) is 10.4. The third kappa shape index (κ3) is 4.38. The highest BCUT2D eigenvalue weighted by molar-refractivity contribution is 6.40. The summed E-state index contributed by atoms with van der Waals surface area (Å²) in [4.78, 5) is 67.1. The van der Waals surface area contributed by atoms with Gasteiger partial charge in [0.15, 0.2) is 5.78 Å². The van der Waals surface area contributed by atoms with Crippen molar-refractivity contribution in [1.29, 1.82) is 0 Å². The Morgan fingerprint density at radius 1 is 1.19 bits per heavy atom. The van der Waals surface area contributed by atoms with Crippen LogP contribution < -0.4 is 16.4 Å². The van der Waals surface area contributed by atoms with Crippen molar-refractivity contribution in [3.63, 3.8) is 0 Å². The van der Waals surface area contributed by atoms with Crippen molar-refractivity contribution >= 4 is 35.1 Å². The number of nitrogens with two attached hydrogens (primary N) is 1. The lowest BCUT2D eigenvalue weighted by atomic mass is 9.66. The molecular formula is C26H34N4O6. The van der Waals surface area contributed by atoms with Crippen molar-refractivity contribution in [2.24, 2.45) is 29.4 Å². The number of piperidine rings is 1. The van der Waals surface area contributed by atoms with E-state index in [0.717, 1.165) is 18.4 Å². The van der Waals surface area contributed by atoms with Gasteiger partial charge in [-0.3, -0.25) is 24.0 Å². The number of carbonyl (C=O) groups is 5. The Kier molecular flexibility index (Phi) is 7.44. The minimum Gasteiger partial charge on any atom is -0.389 e. The lowest BCUT2D eigenvalue weighted by Gasteiger charge is -2.45. The second-order valence-corrected chi connectivity index (χ2v) is 10.2. The number of carbonyl (C=O) groups excluding carboxylic acids is 5. The van der Waals surface area contributed by atoms with Gasteiger partial charge in [-0.25, -0.2) is 0 Å². The van der Waals surface area contributed by atoms with Gasteiger partial charge >= 0.3 is 11.8 Å². The Hall–Kier alpha value is -3.27. The Labute approximate surface area is 210 Å². The highest BCUT2D eigenvalue weighted by Crippen LogP contribution is 2.53. The molecule has 10 heteroatoms. The van der Waals surface area contributed by atoms with Crippen LogP contribution in [0, 0.1) is 30.6 Å².